The topological polar surface area (TPSA) is 55.8 Å². The Labute approximate surface area is 145 Å². The summed E-state index contributed by atoms with van der Waals surface area (Å²) in [6.07, 6.45) is 0. The zero-order valence-corrected chi connectivity index (χ0v) is 15.0. The second kappa shape index (κ2) is 9.08. The fourth-order valence-corrected chi connectivity index (χ4v) is 3.83. The Balaban J connectivity index is 1.91. The van der Waals surface area contributed by atoms with Crippen molar-refractivity contribution in [1.82, 2.24) is 4.90 Å². The standard InChI is InChI=1S/C16H21NO4S2/c1-3-20-13-6-4-5-7-14(13)21-10-16-17(8-9-22-16)15(19)11-23-12(2)18/h4-7,16H,3,8-11H2,1-2H3. The predicted octanol–water partition coefficient (Wildman–Crippen LogP) is 2.65. The minimum atomic E-state index is -0.0383. The lowest BCUT2D eigenvalue weighted by molar-refractivity contribution is -0.129. The molecule has 1 aliphatic rings. The maximum Gasteiger partial charge on any atom is 0.234 e. The van der Waals surface area contributed by atoms with Crippen molar-refractivity contribution in [3.63, 3.8) is 0 Å². The first-order valence-electron chi connectivity index (χ1n) is 7.51. The molecule has 1 amide bonds. The van der Waals surface area contributed by atoms with Gasteiger partial charge in [0.25, 0.3) is 0 Å². The summed E-state index contributed by atoms with van der Waals surface area (Å²) in [7, 11) is 0. The zero-order valence-electron chi connectivity index (χ0n) is 13.3. The van der Waals surface area contributed by atoms with Crippen molar-refractivity contribution in [2.75, 3.05) is 31.3 Å². The summed E-state index contributed by atoms with van der Waals surface area (Å²) in [5, 5.41) is -0.0617. The summed E-state index contributed by atoms with van der Waals surface area (Å²) >= 11 is 2.75. The van der Waals surface area contributed by atoms with Gasteiger partial charge in [0.15, 0.2) is 16.6 Å². The van der Waals surface area contributed by atoms with Crippen LogP contribution in [-0.4, -0.2) is 52.6 Å². The van der Waals surface area contributed by atoms with Gasteiger partial charge in [-0.2, -0.15) is 0 Å². The van der Waals surface area contributed by atoms with E-state index >= 15 is 0 Å². The highest BCUT2D eigenvalue weighted by Crippen LogP contribution is 2.29. The van der Waals surface area contributed by atoms with Crippen LogP contribution >= 0.6 is 23.5 Å². The molecule has 1 unspecified atom stereocenters. The molecule has 1 heterocycles. The van der Waals surface area contributed by atoms with E-state index in [-0.39, 0.29) is 22.1 Å². The molecule has 1 fully saturated rings. The highest BCUT2D eigenvalue weighted by atomic mass is 32.2. The number of thioether (sulfide) groups is 2. The highest BCUT2D eigenvalue weighted by Gasteiger charge is 2.30. The average Bonchev–Trinajstić information content (AvgIpc) is 3.00. The van der Waals surface area contributed by atoms with Gasteiger partial charge in [-0.1, -0.05) is 23.9 Å². The molecule has 5 nitrogen and oxygen atoms in total. The first kappa shape index (κ1) is 18.0. The summed E-state index contributed by atoms with van der Waals surface area (Å²) in [6.45, 7) is 5.08. The van der Waals surface area contributed by atoms with Crippen molar-refractivity contribution in [3.05, 3.63) is 24.3 Å². The van der Waals surface area contributed by atoms with Gasteiger partial charge in [-0.25, -0.2) is 0 Å². The number of nitrogens with zero attached hydrogens (tertiary/aromatic N) is 1. The minimum Gasteiger partial charge on any atom is -0.490 e. The van der Waals surface area contributed by atoms with Gasteiger partial charge >= 0.3 is 0 Å². The van der Waals surface area contributed by atoms with Gasteiger partial charge < -0.3 is 14.4 Å². The summed E-state index contributed by atoms with van der Waals surface area (Å²) in [5.74, 6) is 2.47. The van der Waals surface area contributed by atoms with E-state index in [1.54, 1.807) is 16.7 Å². The third kappa shape index (κ3) is 5.35. The summed E-state index contributed by atoms with van der Waals surface area (Å²) in [4.78, 5) is 25.0. The van der Waals surface area contributed by atoms with Gasteiger partial charge in [0.2, 0.25) is 5.91 Å². The van der Waals surface area contributed by atoms with Crippen LogP contribution in [0, 0.1) is 0 Å². The number of ether oxygens (including phenoxy) is 2. The van der Waals surface area contributed by atoms with E-state index in [0.29, 0.717) is 31.3 Å². The van der Waals surface area contributed by atoms with Crippen LogP contribution in [0.5, 0.6) is 11.5 Å². The van der Waals surface area contributed by atoms with Crippen molar-refractivity contribution in [2.45, 2.75) is 19.2 Å². The Morgan fingerprint density at radius 2 is 2.00 bits per heavy atom. The van der Waals surface area contributed by atoms with Crippen molar-refractivity contribution in [2.24, 2.45) is 0 Å². The summed E-state index contributed by atoms with van der Waals surface area (Å²) < 4.78 is 11.4. The molecule has 1 aromatic rings. The Morgan fingerprint density at radius 3 is 2.65 bits per heavy atom. The van der Waals surface area contributed by atoms with Gasteiger partial charge in [-0.3, -0.25) is 9.59 Å². The van der Waals surface area contributed by atoms with Crippen LogP contribution in [0.2, 0.25) is 0 Å². The predicted molar refractivity (Wildman–Crippen MR) is 94.2 cm³/mol. The normalized spacial score (nSPS) is 17.1. The van der Waals surface area contributed by atoms with Crippen LogP contribution in [-0.2, 0) is 9.59 Å². The number of hydrogen-bond acceptors (Lipinski definition) is 6. The maximum absolute atomic E-state index is 12.2. The fraction of sp³-hybridized carbons (Fsp3) is 0.500. The lowest BCUT2D eigenvalue weighted by atomic mass is 10.3. The molecule has 23 heavy (non-hydrogen) atoms. The van der Waals surface area contributed by atoms with E-state index in [4.69, 9.17) is 9.47 Å². The molecular weight excluding hydrogens is 334 g/mol. The SMILES string of the molecule is CCOc1ccccc1OCC1SCCN1C(=O)CSC(C)=O. The first-order valence-corrected chi connectivity index (χ1v) is 9.54. The van der Waals surface area contributed by atoms with Crippen molar-refractivity contribution >= 4 is 34.5 Å². The van der Waals surface area contributed by atoms with Gasteiger partial charge in [0, 0.05) is 19.2 Å². The van der Waals surface area contributed by atoms with Crippen LogP contribution < -0.4 is 9.47 Å². The van der Waals surface area contributed by atoms with Gasteiger partial charge in [0.05, 0.1) is 12.4 Å². The number of carbonyl (C=O) groups is 2. The largest absolute Gasteiger partial charge is 0.490 e. The molecular formula is C16H21NO4S2. The highest BCUT2D eigenvalue weighted by molar-refractivity contribution is 8.14. The Hall–Kier alpha value is -1.34. The van der Waals surface area contributed by atoms with E-state index in [9.17, 15) is 9.59 Å². The molecule has 1 saturated heterocycles. The van der Waals surface area contributed by atoms with Crippen molar-refractivity contribution in [1.29, 1.82) is 0 Å². The van der Waals surface area contributed by atoms with Crippen LogP contribution in [0.25, 0.3) is 0 Å². The first-order chi connectivity index (χ1) is 11.1. The number of amides is 1. The third-order valence-electron chi connectivity index (χ3n) is 3.24. The average molecular weight is 355 g/mol. The second-order valence-corrected chi connectivity index (χ2v) is 7.32. The van der Waals surface area contributed by atoms with Crippen molar-refractivity contribution < 1.29 is 19.1 Å². The van der Waals surface area contributed by atoms with Gasteiger partial charge in [-0.15, -0.1) is 11.8 Å². The van der Waals surface area contributed by atoms with E-state index < -0.39 is 0 Å². The molecule has 0 spiro atoms. The molecule has 0 aromatic heterocycles. The van der Waals surface area contributed by atoms with Gasteiger partial charge in [-0.05, 0) is 19.1 Å². The van der Waals surface area contributed by atoms with Crippen LogP contribution in [0.3, 0.4) is 0 Å². The lowest BCUT2D eigenvalue weighted by Gasteiger charge is -2.24. The Morgan fingerprint density at radius 1 is 1.30 bits per heavy atom. The van der Waals surface area contributed by atoms with E-state index in [2.05, 4.69) is 0 Å². The molecule has 0 saturated carbocycles. The van der Waals surface area contributed by atoms with Crippen molar-refractivity contribution in [3.8, 4) is 11.5 Å². The summed E-state index contributed by atoms with van der Waals surface area (Å²) in [6, 6.07) is 7.53. The molecule has 126 valence electrons. The number of hydrogen-bond donors (Lipinski definition) is 0. The molecule has 7 heteroatoms. The van der Waals surface area contributed by atoms with E-state index in [1.807, 2.05) is 31.2 Å². The molecule has 1 aliphatic heterocycles. The van der Waals surface area contributed by atoms with Crippen LogP contribution in [0.4, 0.5) is 0 Å². The second-order valence-electron chi connectivity index (χ2n) is 4.88. The maximum atomic E-state index is 12.2. The lowest BCUT2D eigenvalue weighted by Crippen LogP contribution is -2.39. The smallest absolute Gasteiger partial charge is 0.234 e. The third-order valence-corrected chi connectivity index (χ3v) is 5.23. The van der Waals surface area contributed by atoms with Crippen LogP contribution in [0.1, 0.15) is 13.8 Å². The quantitative estimate of drug-likeness (QED) is 0.749. The molecule has 0 aliphatic carbocycles. The number of benzene rings is 1. The minimum absolute atomic E-state index is 0.0121. The Bertz CT molecular complexity index is 553. The Kier molecular flexibility index (Phi) is 7.11. The van der Waals surface area contributed by atoms with Gasteiger partial charge in [0.1, 0.15) is 12.0 Å². The molecule has 0 bridgehead atoms. The monoisotopic (exact) mass is 355 g/mol. The zero-order chi connectivity index (χ0) is 16.7. The molecule has 1 aromatic carbocycles. The molecule has 2 rings (SSSR count). The van der Waals surface area contributed by atoms with Crippen LogP contribution in [0.15, 0.2) is 24.3 Å². The number of carbonyl (C=O) groups excluding carboxylic acids is 2. The van der Waals surface area contributed by atoms with E-state index in [0.717, 1.165) is 17.5 Å². The number of para-hydroxylation sites is 2. The fourth-order valence-electron chi connectivity index (χ4n) is 2.20. The molecule has 1 atom stereocenters. The summed E-state index contributed by atoms with van der Waals surface area (Å²) in [5.41, 5.74) is 0. The molecule has 0 radical (unpaired) electrons. The number of rotatable bonds is 7. The molecule has 0 N–H and O–H groups in total. The van der Waals surface area contributed by atoms with E-state index in [1.165, 1.54) is 6.92 Å².